The van der Waals surface area contributed by atoms with Gasteiger partial charge in [0.2, 0.25) is 10.0 Å². The number of sulfonamides is 2. The maximum absolute atomic E-state index is 12.4. The van der Waals surface area contributed by atoms with E-state index in [1.165, 1.54) is 36.4 Å². The number of ether oxygens (including phenoxy) is 1. The third kappa shape index (κ3) is 5.29. The molecule has 7 nitrogen and oxygen atoms in total. The highest BCUT2D eigenvalue weighted by atomic mass is 79.9. The van der Waals surface area contributed by atoms with Gasteiger partial charge in [-0.05, 0) is 61.4 Å². The second kappa shape index (κ2) is 8.27. The molecule has 0 saturated carbocycles. The van der Waals surface area contributed by atoms with Gasteiger partial charge in [-0.2, -0.15) is 0 Å². The van der Waals surface area contributed by atoms with Gasteiger partial charge in [-0.15, -0.1) is 0 Å². The van der Waals surface area contributed by atoms with Gasteiger partial charge < -0.3 is 4.74 Å². The minimum atomic E-state index is -3.75. The SMILES string of the molecule is O=S(=O)(NC[C@@H]1CCCO1)c1ccc(NS(=O)(=O)c2ccc(Br)cc2)cc1. The lowest BCUT2D eigenvalue weighted by Gasteiger charge is -2.12. The lowest BCUT2D eigenvalue weighted by Crippen LogP contribution is -2.31. The van der Waals surface area contributed by atoms with Crippen molar-refractivity contribution in [2.75, 3.05) is 17.9 Å². The number of nitrogens with one attached hydrogen (secondary N) is 2. The van der Waals surface area contributed by atoms with Crippen LogP contribution in [0.15, 0.2) is 62.8 Å². The third-order valence-electron chi connectivity index (χ3n) is 4.07. The molecule has 27 heavy (non-hydrogen) atoms. The molecule has 1 aliphatic rings. The van der Waals surface area contributed by atoms with E-state index in [0.29, 0.717) is 6.61 Å². The zero-order valence-electron chi connectivity index (χ0n) is 14.3. The molecule has 0 aromatic heterocycles. The van der Waals surface area contributed by atoms with E-state index >= 15 is 0 Å². The molecule has 0 bridgehead atoms. The Morgan fingerprint density at radius 1 is 0.926 bits per heavy atom. The summed E-state index contributed by atoms with van der Waals surface area (Å²) in [6, 6.07) is 11.7. The largest absolute Gasteiger partial charge is 0.377 e. The van der Waals surface area contributed by atoms with Crippen LogP contribution in [0.4, 0.5) is 5.69 Å². The first-order valence-corrected chi connectivity index (χ1v) is 12.0. The predicted molar refractivity (Wildman–Crippen MR) is 106 cm³/mol. The number of rotatable bonds is 7. The van der Waals surface area contributed by atoms with Crippen molar-refractivity contribution in [1.82, 2.24) is 4.72 Å². The van der Waals surface area contributed by atoms with Gasteiger partial charge in [-0.1, -0.05) is 15.9 Å². The van der Waals surface area contributed by atoms with E-state index < -0.39 is 20.0 Å². The van der Waals surface area contributed by atoms with E-state index in [1.807, 2.05) is 0 Å². The molecule has 0 spiro atoms. The van der Waals surface area contributed by atoms with Crippen LogP contribution in [0.3, 0.4) is 0 Å². The zero-order chi connectivity index (χ0) is 19.5. The fraction of sp³-hybridized carbons (Fsp3) is 0.294. The molecule has 3 rings (SSSR count). The molecule has 0 radical (unpaired) electrons. The summed E-state index contributed by atoms with van der Waals surface area (Å²) in [5.41, 5.74) is 0.274. The summed E-state index contributed by atoms with van der Waals surface area (Å²) in [6.07, 6.45) is 1.66. The van der Waals surface area contributed by atoms with Crippen LogP contribution in [0.5, 0.6) is 0 Å². The molecule has 146 valence electrons. The van der Waals surface area contributed by atoms with Gasteiger partial charge in [0.1, 0.15) is 0 Å². The van der Waals surface area contributed by atoms with Crippen LogP contribution < -0.4 is 9.44 Å². The Labute approximate surface area is 167 Å². The van der Waals surface area contributed by atoms with Gasteiger partial charge in [-0.3, -0.25) is 4.72 Å². The molecule has 0 unspecified atom stereocenters. The minimum absolute atomic E-state index is 0.0621. The summed E-state index contributed by atoms with van der Waals surface area (Å²) in [4.78, 5) is 0.174. The normalized spacial score (nSPS) is 17.7. The summed E-state index contributed by atoms with van der Waals surface area (Å²) in [5.74, 6) is 0. The lowest BCUT2D eigenvalue weighted by molar-refractivity contribution is 0.114. The lowest BCUT2D eigenvalue weighted by atomic mass is 10.2. The van der Waals surface area contributed by atoms with Crippen LogP contribution in [0.25, 0.3) is 0 Å². The Morgan fingerprint density at radius 2 is 1.52 bits per heavy atom. The van der Waals surface area contributed by atoms with Crippen LogP contribution in [-0.4, -0.2) is 36.1 Å². The predicted octanol–water partition coefficient (Wildman–Crippen LogP) is 2.71. The Hall–Kier alpha value is -1.46. The molecule has 2 N–H and O–H groups in total. The van der Waals surface area contributed by atoms with Crippen molar-refractivity contribution in [3.8, 4) is 0 Å². The molecule has 2 aromatic rings. The Kier molecular flexibility index (Phi) is 6.21. The van der Waals surface area contributed by atoms with Gasteiger partial charge in [-0.25, -0.2) is 21.6 Å². The molecule has 1 aliphatic heterocycles. The second-order valence-corrected chi connectivity index (χ2v) is 10.4. The molecule has 0 amide bonds. The first-order valence-electron chi connectivity index (χ1n) is 8.26. The maximum atomic E-state index is 12.4. The van der Waals surface area contributed by atoms with Gasteiger partial charge in [0.15, 0.2) is 0 Å². The van der Waals surface area contributed by atoms with Crippen LogP contribution >= 0.6 is 15.9 Å². The number of halogens is 1. The van der Waals surface area contributed by atoms with E-state index in [0.717, 1.165) is 17.3 Å². The van der Waals surface area contributed by atoms with E-state index in [2.05, 4.69) is 25.4 Å². The van der Waals surface area contributed by atoms with Gasteiger partial charge >= 0.3 is 0 Å². The standard InChI is InChI=1S/C17H19BrN2O5S2/c18-13-3-7-17(8-4-13)27(23,24)20-14-5-9-16(10-6-14)26(21,22)19-12-15-2-1-11-25-15/h3-10,15,19-20H,1-2,11-12H2/t15-/m0/s1. The van der Waals surface area contributed by atoms with Crippen molar-refractivity contribution in [2.24, 2.45) is 0 Å². The Morgan fingerprint density at radius 3 is 2.11 bits per heavy atom. The van der Waals surface area contributed by atoms with Crippen LogP contribution in [0.2, 0.25) is 0 Å². The van der Waals surface area contributed by atoms with Crippen LogP contribution in [0, 0.1) is 0 Å². The molecule has 10 heteroatoms. The van der Waals surface area contributed by atoms with Gasteiger partial charge in [0.05, 0.1) is 15.9 Å². The summed E-state index contributed by atoms with van der Waals surface area (Å²) in [5, 5.41) is 0. The minimum Gasteiger partial charge on any atom is -0.377 e. The highest BCUT2D eigenvalue weighted by Gasteiger charge is 2.20. The molecule has 1 fully saturated rings. The number of hydrogen-bond acceptors (Lipinski definition) is 5. The van der Waals surface area contributed by atoms with Crippen molar-refractivity contribution in [2.45, 2.75) is 28.7 Å². The number of anilines is 1. The number of hydrogen-bond donors (Lipinski definition) is 2. The van der Waals surface area contributed by atoms with E-state index in [1.54, 1.807) is 12.1 Å². The summed E-state index contributed by atoms with van der Waals surface area (Å²) >= 11 is 3.25. The Bertz CT molecular complexity index is 985. The molecule has 2 aromatic carbocycles. The van der Waals surface area contributed by atoms with Crippen LogP contribution in [0.1, 0.15) is 12.8 Å². The van der Waals surface area contributed by atoms with Gasteiger partial charge in [0, 0.05) is 23.3 Å². The fourth-order valence-electron chi connectivity index (χ4n) is 2.62. The molecular weight excluding hydrogens is 456 g/mol. The maximum Gasteiger partial charge on any atom is 0.261 e. The average Bonchev–Trinajstić information content (AvgIpc) is 3.14. The summed E-state index contributed by atoms with van der Waals surface area (Å²) < 4.78 is 60.5. The monoisotopic (exact) mass is 474 g/mol. The highest BCUT2D eigenvalue weighted by Crippen LogP contribution is 2.20. The fourth-order valence-corrected chi connectivity index (χ4v) is 5.01. The van der Waals surface area contributed by atoms with E-state index in [-0.39, 0.29) is 28.1 Å². The average molecular weight is 475 g/mol. The molecule has 1 heterocycles. The van der Waals surface area contributed by atoms with Crippen molar-refractivity contribution >= 4 is 41.7 Å². The highest BCUT2D eigenvalue weighted by molar-refractivity contribution is 9.10. The van der Waals surface area contributed by atoms with Crippen molar-refractivity contribution in [1.29, 1.82) is 0 Å². The smallest absolute Gasteiger partial charge is 0.261 e. The van der Waals surface area contributed by atoms with E-state index in [4.69, 9.17) is 4.74 Å². The summed E-state index contributed by atoms with van der Waals surface area (Å²) in [6.45, 7) is 0.875. The number of benzene rings is 2. The molecule has 1 saturated heterocycles. The molecular formula is C17H19BrN2O5S2. The van der Waals surface area contributed by atoms with Crippen LogP contribution in [-0.2, 0) is 24.8 Å². The molecule has 0 aliphatic carbocycles. The van der Waals surface area contributed by atoms with Crippen molar-refractivity contribution in [3.05, 3.63) is 53.0 Å². The van der Waals surface area contributed by atoms with Crippen molar-refractivity contribution < 1.29 is 21.6 Å². The molecule has 1 atom stereocenters. The zero-order valence-corrected chi connectivity index (χ0v) is 17.5. The van der Waals surface area contributed by atoms with E-state index in [9.17, 15) is 16.8 Å². The second-order valence-electron chi connectivity index (χ2n) is 6.07. The van der Waals surface area contributed by atoms with Gasteiger partial charge in [0.25, 0.3) is 10.0 Å². The first-order chi connectivity index (χ1) is 12.8. The Balaban J connectivity index is 1.68. The topological polar surface area (TPSA) is 102 Å². The quantitative estimate of drug-likeness (QED) is 0.642. The summed E-state index contributed by atoms with van der Waals surface area (Å²) in [7, 11) is -7.43. The van der Waals surface area contributed by atoms with Crippen molar-refractivity contribution in [3.63, 3.8) is 0 Å². The first kappa shape index (κ1) is 20.3. The third-order valence-corrected chi connectivity index (χ3v) is 7.43.